The lowest BCUT2D eigenvalue weighted by molar-refractivity contribution is -0.121. The quantitative estimate of drug-likeness (QED) is 0.0206. The summed E-state index contributed by atoms with van der Waals surface area (Å²) in [5.74, 6) is 3.42. The third-order valence-electron chi connectivity index (χ3n) is 11.3. The van der Waals surface area contributed by atoms with Crippen LogP contribution in [0.25, 0.3) is 33.4 Å². The monoisotopic (exact) mass is 1090 g/mol. The molecule has 1 aromatic heterocycles. The van der Waals surface area contributed by atoms with E-state index in [0.717, 1.165) is 25.0 Å². The summed E-state index contributed by atoms with van der Waals surface area (Å²) in [6, 6.07) is 15.9. The molecule has 6 atom stereocenters. The Morgan fingerprint density at radius 3 is 2.30 bits per heavy atom. The molecule has 6 rings (SSSR count). The number of aromatic amines is 1. The third-order valence-corrected chi connectivity index (χ3v) is 15.1. The van der Waals surface area contributed by atoms with Gasteiger partial charge in [0, 0.05) is 78.7 Å². The summed E-state index contributed by atoms with van der Waals surface area (Å²) in [6.07, 6.45) is -5.01. The van der Waals surface area contributed by atoms with Crippen LogP contribution in [-0.2, 0) is 36.4 Å². The molecule has 29 heteroatoms. The van der Waals surface area contributed by atoms with Crippen LogP contribution in [0.15, 0.2) is 79.8 Å². The number of ether oxygens (including phenoxy) is 1. The number of amides is 2. The van der Waals surface area contributed by atoms with Gasteiger partial charge in [0.25, 0.3) is 11.5 Å². The first-order valence-electron chi connectivity index (χ1n) is 22.8. The standard InChI is InChI=1S/C45H53N6O20P3/c1-4-46-28-14-17-31-34(22-28)68-35-23-29(50(5-2)6-3)15-18-32(35)38(31)30-16-13-26(21-33(30)44(57)58)41(55)48-19-9-7-8-12-37(52)47-20-10-11-27-24-51(45(59)49-42(27)56)43-40(54)39(53)36(69-43)25-67-73(63,64)71-74(65,66)70-72(60,61)62/h13-18,21-24,36,39-40,43,53-54H,4-9,12,19-20,25H2,1-3H3,(H,47,52)(H,48,55)(H,57,58)(H,63,64)(H,65,66)(H,49,56,59)(H2,60,61,62)/t36-,39-,40-,43-/m1/s1. The molecule has 0 spiro atoms. The zero-order valence-corrected chi connectivity index (χ0v) is 42.5. The van der Waals surface area contributed by atoms with Gasteiger partial charge in [-0.3, -0.25) is 33.5 Å². The first-order chi connectivity index (χ1) is 34.9. The molecule has 74 heavy (non-hydrogen) atoms. The Bertz CT molecular complexity index is 3280. The van der Waals surface area contributed by atoms with Crippen molar-refractivity contribution in [2.24, 2.45) is 4.99 Å². The van der Waals surface area contributed by atoms with Crippen LogP contribution in [0.1, 0.15) is 79.0 Å². The first-order valence-corrected chi connectivity index (χ1v) is 27.3. The number of unbranched alkanes of at least 4 members (excludes halogenated alkanes) is 2. The zero-order valence-electron chi connectivity index (χ0n) is 39.8. The number of carboxylic acids is 1. The molecule has 10 N–H and O–H groups in total. The minimum absolute atomic E-state index is 0.0780. The summed E-state index contributed by atoms with van der Waals surface area (Å²) < 4.78 is 58.6. The normalized spacial score (nSPS) is 18.6. The Morgan fingerprint density at radius 2 is 1.61 bits per heavy atom. The summed E-state index contributed by atoms with van der Waals surface area (Å²) >= 11 is 0. The fourth-order valence-electron chi connectivity index (χ4n) is 7.90. The lowest BCUT2D eigenvalue weighted by Crippen LogP contribution is -2.38. The van der Waals surface area contributed by atoms with Gasteiger partial charge < -0.3 is 59.6 Å². The molecule has 2 amide bonds. The van der Waals surface area contributed by atoms with Crippen molar-refractivity contribution in [2.75, 3.05) is 44.2 Å². The topological polar surface area (TPSA) is 389 Å². The van der Waals surface area contributed by atoms with Crippen LogP contribution >= 0.6 is 23.5 Å². The smallest absolute Gasteiger partial charge is 0.478 e. The van der Waals surface area contributed by atoms with E-state index >= 15 is 0 Å². The number of aliphatic hydroxyl groups is 2. The summed E-state index contributed by atoms with van der Waals surface area (Å²) in [6.45, 7) is 6.96. The van der Waals surface area contributed by atoms with Crippen molar-refractivity contribution in [1.29, 1.82) is 0 Å². The maximum absolute atomic E-state index is 13.3. The van der Waals surface area contributed by atoms with Crippen LogP contribution in [0.3, 0.4) is 0 Å². The maximum atomic E-state index is 13.3. The van der Waals surface area contributed by atoms with Gasteiger partial charge >= 0.3 is 35.1 Å². The lowest BCUT2D eigenvalue weighted by atomic mass is 9.89. The second-order valence-electron chi connectivity index (χ2n) is 16.3. The highest BCUT2D eigenvalue weighted by atomic mass is 31.3. The highest BCUT2D eigenvalue weighted by molar-refractivity contribution is 7.66. The molecule has 1 aliphatic carbocycles. The van der Waals surface area contributed by atoms with Gasteiger partial charge in [-0.25, -0.2) is 23.3 Å². The Hall–Kier alpha value is -6.13. The highest BCUT2D eigenvalue weighted by Crippen LogP contribution is 2.66. The van der Waals surface area contributed by atoms with Gasteiger partial charge in [0.15, 0.2) is 6.23 Å². The molecule has 0 saturated carbocycles. The van der Waals surface area contributed by atoms with E-state index in [0.29, 0.717) is 69.2 Å². The summed E-state index contributed by atoms with van der Waals surface area (Å²) in [7, 11) is -17.2. The van der Waals surface area contributed by atoms with Gasteiger partial charge in [-0.15, -0.1) is 0 Å². The van der Waals surface area contributed by atoms with Crippen LogP contribution in [0.4, 0.5) is 5.69 Å². The second kappa shape index (κ2) is 24.5. The highest BCUT2D eigenvalue weighted by Gasteiger charge is 2.47. The molecule has 26 nitrogen and oxygen atoms in total. The van der Waals surface area contributed by atoms with Crippen molar-refractivity contribution in [1.82, 2.24) is 20.2 Å². The fourth-order valence-corrected chi connectivity index (χ4v) is 10.9. The summed E-state index contributed by atoms with van der Waals surface area (Å²) in [5, 5.41) is 38.2. The molecule has 3 aliphatic rings. The predicted molar refractivity (Wildman–Crippen MR) is 263 cm³/mol. The Morgan fingerprint density at radius 1 is 0.878 bits per heavy atom. The average molecular weight is 1090 g/mol. The van der Waals surface area contributed by atoms with Gasteiger partial charge in [0.1, 0.15) is 35.2 Å². The molecule has 0 bridgehead atoms. The summed E-state index contributed by atoms with van der Waals surface area (Å²) in [5.41, 5.74) is 0.800. The number of nitrogens with zero attached hydrogens (tertiary/aromatic N) is 3. The largest absolute Gasteiger partial charge is 0.490 e. The number of benzene rings is 3. The molecule has 398 valence electrons. The third kappa shape index (κ3) is 14.6. The van der Waals surface area contributed by atoms with E-state index in [-0.39, 0.29) is 36.2 Å². The molecule has 2 unspecified atom stereocenters. The number of aromatic carboxylic acids is 1. The van der Waals surface area contributed by atoms with Crippen molar-refractivity contribution >= 4 is 57.9 Å². The maximum Gasteiger partial charge on any atom is 0.490 e. The Balaban J connectivity index is 1.00. The number of aliphatic hydroxyl groups excluding tert-OH is 2. The van der Waals surface area contributed by atoms with Gasteiger partial charge in [0.05, 0.1) is 24.1 Å². The minimum Gasteiger partial charge on any atom is -0.478 e. The number of phosphoric ester groups is 1. The zero-order chi connectivity index (χ0) is 54.1. The van der Waals surface area contributed by atoms with E-state index < -0.39 is 83.6 Å². The number of phosphoric acid groups is 3. The number of carbonyl (C=O) groups is 3. The van der Waals surface area contributed by atoms with Gasteiger partial charge in [-0.1, -0.05) is 24.3 Å². The first kappa shape index (κ1) is 57.2. The van der Waals surface area contributed by atoms with Gasteiger partial charge in [0.2, 0.25) is 5.91 Å². The van der Waals surface area contributed by atoms with Crippen LogP contribution in [-0.4, -0.2) is 120 Å². The second-order valence-corrected chi connectivity index (χ2v) is 20.8. The van der Waals surface area contributed by atoms with E-state index in [9.17, 15) is 62.8 Å². The fraction of sp³-hybridized carbons (Fsp3) is 0.378. The molecule has 3 aromatic rings. The van der Waals surface area contributed by atoms with Crippen LogP contribution in [0, 0.1) is 11.8 Å². The Labute approximate surface area is 420 Å². The number of H-pyrrole nitrogens is 1. The van der Waals surface area contributed by atoms with Crippen molar-refractivity contribution < 1.29 is 85.3 Å². The van der Waals surface area contributed by atoms with Crippen LogP contribution in [0.2, 0.25) is 0 Å². The number of anilines is 1. The van der Waals surface area contributed by atoms with Crippen molar-refractivity contribution in [3.05, 3.63) is 104 Å². The van der Waals surface area contributed by atoms with Crippen LogP contribution in [0.5, 0.6) is 0 Å². The molecule has 2 aliphatic heterocycles. The molecule has 0 radical (unpaired) electrons. The van der Waals surface area contributed by atoms with Crippen molar-refractivity contribution in [3.63, 3.8) is 0 Å². The number of aromatic nitrogens is 2. The molecule has 1 saturated heterocycles. The van der Waals surface area contributed by atoms with E-state index in [2.05, 4.69) is 59.4 Å². The molecular formula is C45H53N6O20P3. The van der Waals surface area contributed by atoms with Crippen molar-refractivity contribution in [3.8, 4) is 34.3 Å². The Kier molecular flexibility index (Phi) is 18.9. The van der Waals surface area contributed by atoms with E-state index in [1.54, 1.807) is 12.1 Å². The summed E-state index contributed by atoms with van der Waals surface area (Å²) in [4.78, 5) is 109. The number of hydrogen-bond donors (Lipinski definition) is 10. The van der Waals surface area contributed by atoms with Crippen LogP contribution < -0.4 is 32.1 Å². The average Bonchev–Trinajstić information content (AvgIpc) is 3.60. The number of fused-ring (bicyclic) bond motifs is 2. The molecule has 2 aromatic carbocycles. The minimum atomic E-state index is -5.86. The van der Waals surface area contributed by atoms with E-state index in [1.165, 1.54) is 6.07 Å². The predicted octanol–water partition coefficient (Wildman–Crippen LogP) is 2.94. The van der Waals surface area contributed by atoms with Gasteiger partial charge in [-0.2, -0.15) is 8.62 Å². The molecular weight excluding hydrogens is 1040 g/mol. The number of hydrogen-bond acceptors (Lipinski definition) is 17. The van der Waals surface area contributed by atoms with Gasteiger partial charge in [-0.05, 0) is 75.6 Å². The number of carbonyl (C=O) groups excluding carboxylic acids is 2. The van der Waals surface area contributed by atoms with E-state index in [4.69, 9.17) is 18.9 Å². The van der Waals surface area contributed by atoms with E-state index in [1.807, 2.05) is 48.3 Å². The number of nitrogens with one attached hydrogen (secondary N) is 3. The molecule has 3 heterocycles. The lowest BCUT2D eigenvalue weighted by Gasteiger charge is -2.22. The molecule has 1 fully saturated rings. The number of rotatable bonds is 22. The van der Waals surface area contributed by atoms with Crippen molar-refractivity contribution in [2.45, 2.75) is 71.0 Å². The SMILES string of the molecule is CCN=c1ccc2c(-c3ccc(C(=O)NCCCCCC(=O)NCC#Cc4cn([C@@H]5O[C@H](COP(=O)(O)OP(=O)(O)OP(=O)(O)O)[C@@H](O)[C@H]5O)c(=O)[nH]c4=O)cc3C(=O)O)c3ccc(N(CC)CC)cc3oc-2c1. The number of carboxylic acid groups (broad SMARTS) is 1.